The van der Waals surface area contributed by atoms with Crippen molar-refractivity contribution in [3.8, 4) is 23.0 Å². The molecule has 0 aliphatic rings. The Morgan fingerprint density at radius 1 is 0.900 bits per heavy atom. The molecule has 0 radical (unpaired) electrons. The number of hydrogen-bond acceptors (Lipinski definition) is 5. The van der Waals surface area contributed by atoms with E-state index in [9.17, 15) is 4.39 Å². The Kier molecular flexibility index (Phi) is 7.15. The second-order valence-electron chi connectivity index (χ2n) is 6.40. The van der Waals surface area contributed by atoms with Gasteiger partial charge in [0, 0.05) is 29.4 Å². The number of nitrogens with two attached hydrogens (primary N) is 1. The van der Waals surface area contributed by atoms with Crippen LogP contribution in [0.1, 0.15) is 5.56 Å². The third-order valence-electron chi connectivity index (χ3n) is 4.40. The van der Waals surface area contributed by atoms with Crippen molar-refractivity contribution in [1.82, 2.24) is 4.98 Å². The fourth-order valence-corrected chi connectivity index (χ4v) is 2.94. The molecule has 0 saturated heterocycles. The molecule has 4 rings (SSSR count). The first kappa shape index (κ1) is 21.9. The number of halogens is 1. The third kappa shape index (κ3) is 4.84. The van der Waals surface area contributed by atoms with Crippen LogP contribution in [0, 0.1) is 5.82 Å². The Morgan fingerprint density at radius 2 is 1.70 bits per heavy atom. The van der Waals surface area contributed by atoms with Gasteiger partial charge in [-0.3, -0.25) is 4.98 Å². The summed E-state index contributed by atoms with van der Waals surface area (Å²) in [5, 5.41) is 0.674. The van der Waals surface area contributed by atoms with Gasteiger partial charge >= 0.3 is 29.6 Å². The van der Waals surface area contributed by atoms with Crippen LogP contribution in [-0.2, 0) is 6.61 Å². The molecule has 0 bridgehead atoms. The number of rotatable bonds is 6. The van der Waals surface area contributed by atoms with Gasteiger partial charge in [-0.15, -0.1) is 0 Å². The van der Waals surface area contributed by atoms with Gasteiger partial charge in [0.05, 0.1) is 12.6 Å². The minimum absolute atomic E-state index is 0. The maximum absolute atomic E-state index is 14.1. The monoisotopic (exact) mass is 414 g/mol. The van der Waals surface area contributed by atoms with Crippen LogP contribution in [-0.4, -0.2) is 41.7 Å². The number of nitrogens with zero attached hydrogens (tertiary/aromatic N) is 1. The number of nitrogen functional groups attached to an aromatic ring is 1. The first-order valence-electron chi connectivity index (χ1n) is 9.00. The third-order valence-corrected chi connectivity index (χ3v) is 4.40. The summed E-state index contributed by atoms with van der Waals surface area (Å²) >= 11 is 0. The van der Waals surface area contributed by atoms with Crippen LogP contribution in [0.3, 0.4) is 0 Å². The standard InChI is InChI=1S/C23H19FN2O3.Na.H/c1-27-22-12-17-19(13-23(22)28-14-15-5-3-2-4-6-15)26-10-9-20(17)29-21-8-7-16(25)11-18(21)24;;/h2-13H,14,25H2,1H3;;. The van der Waals surface area contributed by atoms with Gasteiger partial charge in [0.25, 0.3) is 0 Å². The van der Waals surface area contributed by atoms with Crippen molar-refractivity contribution in [2.45, 2.75) is 6.61 Å². The van der Waals surface area contributed by atoms with Crippen molar-refractivity contribution >= 4 is 46.1 Å². The molecule has 30 heavy (non-hydrogen) atoms. The fraction of sp³-hybridized carbons (Fsp3) is 0.0870. The van der Waals surface area contributed by atoms with Crippen molar-refractivity contribution in [3.63, 3.8) is 0 Å². The van der Waals surface area contributed by atoms with E-state index in [1.54, 1.807) is 37.6 Å². The zero-order valence-electron chi connectivity index (χ0n) is 15.8. The second-order valence-corrected chi connectivity index (χ2v) is 6.40. The van der Waals surface area contributed by atoms with Crippen molar-refractivity contribution in [3.05, 3.63) is 84.3 Å². The van der Waals surface area contributed by atoms with Crippen LogP contribution in [0.2, 0.25) is 0 Å². The normalized spacial score (nSPS) is 10.3. The summed E-state index contributed by atoms with van der Waals surface area (Å²) in [6.07, 6.45) is 1.60. The molecule has 0 aliphatic carbocycles. The molecule has 0 unspecified atom stereocenters. The van der Waals surface area contributed by atoms with E-state index in [2.05, 4.69) is 4.98 Å². The van der Waals surface area contributed by atoms with Crippen LogP contribution in [0.15, 0.2) is 72.9 Å². The Bertz CT molecular complexity index is 1160. The second kappa shape index (κ2) is 9.80. The first-order valence-corrected chi connectivity index (χ1v) is 9.00. The van der Waals surface area contributed by atoms with Gasteiger partial charge in [0.1, 0.15) is 12.4 Å². The van der Waals surface area contributed by atoms with E-state index in [1.165, 1.54) is 12.1 Å². The average Bonchev–Trinajstić information content (AvgIpc) is 2.74. The number of aromatic nitrogens is 1. The number of benzene rings is 3. The molecule has 1 heterocycles. The number of pyridine rings is 1. The van der Waals surface area contributed by atoms with Gasteiger partial charge in [-0.2, -0.15) is 0 Å². The Labute approximate surface area is 195 Å². The van der Waals surface area contributed by atoms with Gasteiger partial charge in [0.2, 0.25) is 0 Å². The van der Waals surface area contributed by atoms with E-state index < -0.39 is 5.82 Å². The molecule has 2 N–H and O–H groups in total. The quantitative estimate of drug-likeness (QED) is 0.366. The molecule has 0 aliphatic heterocycles. The van der Waals surface area contributed by atoms with E-state index in [1.807, 2.05) is 30.3 Å². The van der Waals surface area contributed by atoms with Gasteiger partial charge in [-0.1, -0.05) is 30.3 Å². The molecule has 7 heteroatoms. The van der Waals surface area contributed by atoms with E-state index in [0.717, 1.165) is 5.56 Å². The molecule has 0 amide bonds. The van der Waals surface area contributed by atoms with Gasteiger partial charge in [-0.05, 0) is 29.8 Å². The summed E-state index contributed by atoms with van der Waals surface area (Å²) in [5.74, 6) is 1.09. The van der Waals surface area contributed by atoms with Crippen molar-refractivity contribution in [1.29, 1.82) is 0 Å². The van der Waals surface area contributed by atoms with Gasteiger partial charge in [-0.25, -0.2) is 4.39 Å². The summed E-state index contributed by atoms with van der Waals surface area (Å²) in [6, 6.07) is 19.3. The topological polar surface area (TPSA) is 66.6 Å². The van der Waals surface area contributed by atoms with E-state index in [-0.39, 0.29) is 35.3 Å². The number of anilines is 1. The maximum atomic E-state index is 14.1. The fourth-order valence-electron chi connectivity index (χ4n) is 2.94. The average molecular weight is 414 g/mol. The Hall–Kier alpha value is -2.80. The summed E-state index contributed by atoms with van der Waals surface area (Å²) in [7, 11) is 1.56. The first-order chi connectivity index (χ1) is 14.1. The van der Waals surface area contributed by atoms with E-state index >= 15 is 0 Å². The summed E-state index contributed by atoms with van der Waals surface area (Å²) in [4.78, 5) is 4.38. The van der Waals surface area contributed by atoms with E-state index in [0.29, 0.717) is 40.4 Å². The van der Waals surface area contributed by atoms with Crippen molar-refractivity contribution in [2.75, 3.05) is 12.8 Å². The molecule has 4 aromatic rings. The Morgan fingerprint density at radius 3 is 2.43 bits per heavy atom. The molecule has 3 aromatic carbocycles. The minimum atomic E-state index is -0.537. The zero-order chi connectivity index (χ0) is 20.2. The number of hydrogen-bond donors (Lipinski definition) is 1. The van der Waals surface area contributed by atoms with Crippen molar-refractivity contribution in [2.24, 2.45) is 0 Å². The van der Waals surface area contributed by atoms with Crippen LogP contribution >= 0.6 is 0 Å². The molecule has 1 aromatic heterocycles. The molecule has 148 valence electrons. The SMILES string of the molecule is COc1cc2c(Oc3ccc(N)cc3F)ccnc2cc1OCc1ccccc1.[NaH]. The predicted molar refractivity (Wildman–Crippen MR) is 117 cm³/mol. The van der Waals surface area contributed by atoms with E-state index in [4.69, 9.17) is 19.9 Å². The van der Waals surface area contributed by atoms with Crippen LogP contribution in [0.25, 0.3) is 10.9 Å². The predicted octanol–water partition coefficient (Wildman–Crippen LogP) is 4.69. The Balaban J connectivity index is 0.00000256. The molecule has 0 atom stereocenters. The van der Waals surface area contributed by atoms with Crippen LogP contribution in [0.4, 0.5) is 10.1 Å². The molecule has 0 fully saturated rings. The van der Waals surface area contributed by atoms with Crippen LogP contribution < -0.4 is 19.9 Å². The summed E-state index contributed by atoms with van der Waals surface area (Å²) in [5.41, 5.74) is 7.61. The van der Waals surface area contributed by atoms with Crippen molar-refractivity contribution < 1.29 is 18.6 Å². The van der Waals surface area contributed by atoms with Crippen LogP contribution in [0.5, 0.6) is 23.0 Å². The number of ether oxygens (including phenoxy) is 3. The zero-order valence-corrected chi connectivity index (χ0v) is 15.8. The summed E-state index contributed by atoms with van der Waals surface area (Å²) in [6.45, 7) is 0.398. The molecule has 0 saturated carbocycles. The number of methoxy groups -OCH3 is 1. The molecule has 5 nitrogen and oxygen atoms in total. The summed E-state index contributed by atoms with van der Waals surface area (Å²) < 4.78 is 31.3. The van der Waals surface area contributed by atoms with Gasteiger partial charge in [0.15, 0.2) is 23.1 Å². The molecular weight excluding hydrogens is 394 g/mol. The van der Waals surface area contributed by atoms with Gasteiger partial charge < -0.3 is 19.9 Å². The number of fused-ring (bicyclic) bond motifs is 1. The molecular formula is C23H20FN2NaO3. The molecule has 0 spiro atoms.